The Morgan fingerprint density at radius 3 is 2.28 bits per heavy atom. The van der Waals surface area contributed by atoms with Crippen LogP contribution in [0.5, 0.6) is 0 Å². The lowest BCUT2D eigenvalue weighted by Crippen LogP contribution is -2.49. The molecule has 3 rings (SSSR count). The van der Waals surface area contributed by atoms with E-state index < -0.39 is 6.04 Å². The number of hydrogen-bond acceptors (Lipinski definition) is 4. The van der Waals surface area contributed by atoms with Crippen molar-refractivity contribution >= 4 is 33.4 Å². The van der Waals surface area contributed by atoms with Gasteiger partial charge < -0.3 is 10.6 Å². The number of amides is 2. The van der Waals surface area contributed by atoms with Crippen molar-refractivity contribution in [2.45, 2.75) is 37.6 Å². The van der Waals surface area contributed by atoms with Crippen LogP contribution in [0.3, 0.4) is 0 Å². The van der Waals surface area contributed by atoms with E-state index in [4.69, 9.17) is 0 Å². The van der Waals surface area contributed by atoms with Crippen molar-refractivity contribution in [3.63, 3.8) is 0 Å². The van der Waals surface area contributed by atoms with Gasteiger partial charge in [0.15, 0.2) is 0 Å². The predicted octanol–water partition coefficient (Wildman–Crippen LogP) is 4.37. The van der Waals surface area contributed by atoms with E-state index in [1.54, 1.807) is 21.6 Å². The monoisotopic (exact) mass is 428 g/mol. The van der Waals surface area contributed by atoms with E-state index in [0.717, 1.165) is 36.1 Å². The Balaban J connectivity index is 1.67. The molecule has 1 saturated heterocycles. The minimum atomic E-state index is -0.495. The molecule has 29 heavy (non-hydrogen) atoms. The van der Waals surface area contributed by atoms with Crippen molar-refractivity contribution in [3.8, 4) is 0 Å². The number of rotatable bonds is 5. The standard InChI is InChI=1S/C23H28N2O2S2/c26-22-14-8-3-9-15-28-29-17-21(25-22)23(27)24-16-20(18-10-4-1-5-11-18)19-12-6-2-7-13-19/h1-2,4-7,10-13,20-21H,3,8-9,14-17H2,(H,24,27)(H,25,26)/t21-/m0/s1. The van der Waals surface area contributed by atoms with Crippen LogP contribution >= 0.6 is 21.6 Å². The Morgan fingerprint density at radius 2 is 1.62 bits per heavy atom. The average Bonchev–Trinajstić information content (AvgIpc) is 2.80. The topological polar surface area (TPSA) is 58.2 Å². The normalized spacial score (nSPS) is 18.5. The molecule has 2 amide bonds. The molecule has 0 spiro atoms. The summed E-state index contributed by atoms with van der Waals surface area (Å²) >= 11 is 0. The zero-order chi connectivity index (χ0) is 20.3. The molecule has 2 N–H and O–H groups in total. The maximum Gasteiger partial charge on any atom is 0.243 e. The van der Waals surface area contributed by atoms with Crippen LogP contribution < -0.4 is 10.6 Å². The number of carbonyl (C=O) groups is 2. The van der Waals surface area contributed by atoms with Gasteiger partial charge in [0.05, 0.1) is 0 Å². The molecule has 0 aliphatic carbocycles. The van der Waals surface area contributed by atoms with E-state index in [-0.39, 0.29) is 17.7 Å². The summed E-state index contributed by atoms with van der Waals surface area (Å²) < 4.78 is 0. The molecular weight excluding hydrogens is 400 g/mol. The molecule has 1 fully saturated rings. The first-order chi connectivity index (χ1) is 14.2. The summed E-state index contributed by atoms with van der Waals surface area (Å²) in [6, 6.07) is 19.9. The van der Waals surface area contributed by atoms with Crippen LogP contribution in [0.25, 0.3) is 0 Å². The highest BCUT2D eigenvalue weighted by atomic mass is 33.1. The summed E-state index contributed by atoms with van der Waals surface area (Å²) in [5, 5.41) is 6.03. The third-order valence-corrected chi connectivity index (χ3v) is 7.49. The maximum atomic E-state index is 12.9. The second-order valence-corrected chi connectivity index (χ2v) is 9.78. The molecule has 2 aromatic carbocycles. The zero-order valence-electron chi connectivity index (χ0n) is 16.5. The van der Waals surface area contributed by atoms with E-state index in [2.05, 4.69) is 34.9 Å². The maximum absolute atomic E-state index is 12.9. The van der Waals surface area contributed by atoms with Gasteiger partial charge in [0.1, 0.15) is 6.04 Å². The molecule has 154 valence electrons. The lowest BCUT2D eigenvalue weighted by atomic mass is 9.91. The first-order valence-electron chi connectivity index (χ1n) is 10.2. The van der Waals surface area contributed by atoms with E-state index in [9.17, 15) is 9.59 Å². The molecule has 1 aliphatic rings. The Labute approximate surface area is 181 Å². The molecule has 0 saturated carbocycles. The minimum Gasteiger partial charge on any atom is -0.353 e. The lowest BCUT2D eigenvalue weighted by Gasteiger charge is -2.22. The molecule has 4 nitrogen and oxygen atoms in total. The quantitative estimate of drug-likeness (QED) is 0.694. The van der Waals surface area contributed by atoms with Gasteiger partial charge >= 0.3 is 0 Å². The minimum absolute atomic E-state index is 0.0275. The van der Waals surface area contributed by atoms with Gasteiger partial charge in [0.2, 0.25) is 11.8 Å². The summed E-state index contributed by atoms with van der Waals surface area (Å²) in [5.74, 6) is 1.59. The van der Waals surface area contributed by atoms with Crippen LogP contribution in [0.2, 0.25) is 0 Å². The van der Waals surface area contributed by atoms with Gasteiger partial charge in [0, 0.05) is 30.4 Å². The Bertz CT molecular complexity index is 731. The van der Waals surface area contributed by atoms with Crippen molar-refractivity contribution in [2.24, 2.45) is 0 Å². The highest BCUT2D eigenvalue weighted by molar-refractivity contribution is 8.76. The second-order valence-electron chi connectivity index (χ2n) is 7.16. The molecule has 1 heterocycles. The summed E-state index contributed by atoms with van der Waals surface area (Å²) in [4.78, 5) is 25.1. The van der Waals surface area contributed by atoms with Crippen LogP contribution in [0.4, 0.5) is 0 Å². The zero-order valence-corrected chi connectivity index (χ0v) is 18.1. The molecule has 0 bridgehead atoms. The predicted molar refractivity (Wildman–Crippen MR) is 123 cm³/mol. The number of benzene rings is 2. The highest BCUT2D eigenvalue weighted by Crippen LogP contribution is 2.26. The van der Waals surface area contributed by atoms with Crippen molar-refractivity contribution in [2.75, 3.05) is 18.1 Å². The van der Waals surface area contributed by atoms with Gasteiger partial charge in [-0.2, -0.15) is 0 Å². The van der Waals surface area contributed by atoms with E-state index in [1.807, 2.05) is 36.4 Å². The summed E-state index contributed by atoms with van der Waals surface area (Å²) in [6.45, 7) is 0.497. The van der Waals surface area contributed by atoms with Gasteiger partial charge in [-0.05, 0) is 24.0 Å². The second kappa shape index (κ2) is 11.9. The Kier molecular flexibility index (Phi) is 8.96. The van der Waals surface area contributed by atoms with Crippen LogP contribution in [0.1, 0.15) is 42.7 Å². The molecule has 2 aromatic rings. The smallest absolute Gasteiger partial charge is 0.243 e. The summed E-state index contributed by atoms with van der Waals surface area (Å²) in [6.07, 6.45) is 3.57. The van der Waals surface area contributed by atoms with Crippen molar-refractivity contribution in [3.05, 3.63) is 71.8 Å². The molecule has 1 atom stereocenters. The lowest BCUT2D eigenvalue weighted by molar-refractivity contribution is -0.128. The fourth-order valence-electron chi connectivity index (χ4n) is 3.37. The van der Waals surface area contributed by atoms with Gasteiger partial charge in [-0.3, -0.25) is 9.59 Å². The molecule has 1 aliphatic heterocycles. The first kappa shape index (κ1) is 21.8. The van der Waals surface area contributed by atoms with Gasteiger partial charge in [0.25, 0.3) is 0 Å². The number of carbonyl (C=O) groups excluding carboxylic acids is 2. The molecule has 0 radical (unpaired) electrons. The van der Waals surface area contributed by atoms with Crippen LogP contribution in [-0.2, 0) is 9.59 Å². The van der Waals surface area contributed by atoms with Gasteiger partial charge in [-0.1, -0.05) is 88.7 Å². The van der Waals surface area contributed by atoms with Crippen molar-refractivity contribution in [1.29, 1.82) is 0 Å². The van der Waals surface area contributed by atoms with E-state index in [1.165, 1.54) is 0 Å². The summed E-state index contributed by atoms with van der Waals surface area (Å²) in [5.41, 5.74) is 2.32. The Hall–Kier alpha value is -1.92. The molecular formula is C23H28N2O2S2. The SMILES string of the molecule is O=C1CCCCCSSC[C@@H](C(=O)NCC(c2ccccc2)c2ccccc2)N1. The van der Waals surface area contributed by atoms with Crippen molar-refractivity contribution < 1.29 is 9.59 Å². The summed E-state index contributed by atoms with van der Waals surface area (Å²) in [7, 11) is 3.45. The third kappa shape index (κ3) is 7.12. The Morgan fingerprint density at radius 1 is 0.966 bits per heavy atom. The first-order valence-corrected chi connectivity index (χ1v) is 12.6. The fraction of sp³-hybridized carbons (Fsp3) is 0.391. The van der Waals surface area contributed by atoms with Gasteiger partial charge in [-0.25, -0.2) is 0 Å². The average molecular weight is 429 g/mol. The van der Waals surface area contributed by atoms with E-state index in [0.29, 0.717) is 18.7 Å². The largest absolute Gasteiger partial charge is 0.353 e. The van der Waals surface area contributed by atoms with Gasteiger partial charge in [-0.15, -0.1) is 0 Å². The van der Waals surface area contributed by atoms with Crippen LogP contribution in [0.15, 0.2) is 60.7 Å². The van der Waals surface area contributed by atoms with Crippen LogP contribution in [-0.4, -0.2) is 35.9 Å². The van der Waals surface area contributed by atoms with E-state index >= 15 is 0 Å². The molecule has 6 heteroatoms. The number of hydrogen-bond donors (Lipinski definition) is 2. The fourth-order valence-corrected chi connectivity index (χ4v) is 5.68. The highest BCUT2D eigenvalue weighted by Gasteiger charge is 2.23. The van der Waals surface area contributed by atoms with Crippen LogP contribution in [0, 0.1) is 0 Å². The van der Waals surface area contributed by atoms with Crippen molar-refractivity contribution in [1.82, 2.24) is 10.6 Å². The molecule has 0 aromatic heterocycles. The number of nitrogens with one attached hydrogen (secondary N) is 2. The molecule has 0 unspecified atom stereocenters. The third-order valence-electron chi connectivity index (χ3n) is 4.99.